The summed E-state index contributed by atoms with van der Waals surface area (Å²) < 4.78 is 5.40. The molecule has 2 amide bonds. The van der Waals surface area contributed by atoms with Crippen LogP contribution in [0.15, 0.2) is 60.9 Å². The molecule has 0 spiro atoms. The van der Waals surface area contributed by atoms with Gasteiger partial charge in [0.15, 0.2) is 0 Å². The van der Waals surface area contributed by atoms with Gasteiger partial charge in [-0.3, -0.25) is 9.59 Å². The molecule has 0 saturated carbocycles. The van der Waals surface area contributed by atoms with Gasteiger partial charge in [0.2, 0.25) is 10.6 Å². The third kappa shape index (κ3) is 7.45. The van der Waals surface area contributed by atoms with E-state index >= 15 is 0 Å². The SMILES string of the molecule is C[C@H](C(=O)O)N1Cc2ccc(-c3ccnc(Cl)n3)cc2C1=O.C[C@H](C(=O)OC(C)(C)C)N1Cc2ccc(-c3ccnc(Cl)n3)cc2C1=O. The number of carbonyl (C=O) groups is 4. The van der Waals surface area contributed by atoms with Crippen LogP contribution >= 0.6 is 23.2 Å². The Hall–Kier alpha value is -4.94. The van der Waals surface area contributed by atoms with Gasteiger partial charge in [-0.1, -0.05) is 24.3 Å². The maximum atomic E-state index is 12.8. The smallest absolute Gasteiger partial charge is 0.329 e. The molecule has 0 unspecified atom stereocenters. The summed E-state index contributed by atoms with van der Waals surface area (Å²) in [5, 5.41) is 9.35. The first-order valence-electron chi connectivity index (χ1n) is 14.9. The van der Waals surface area contributed by atoms with Gasteiger partial charge >= 0.3 is 11.9 Å². The lowest BCUT2D eigenvalue weighted by Gasteiger charge is -2.27. The Bertz CT molecular complexity index is 1930. The van der Waals surface area contributed by atoms with E-state index in [2.05, 4.69) is 19.9 Å². The molecule has 2 aliphatic heterocycles. The lowest BCUT2D eigenvalue weighted by molar-refractivity contribution is -0.159. The summed E-state index contributed by atoms with van der Waals surface area (Å²) in [6, 6.07) is 12.8. The first-order valence-corrected chi connectivity index (χ1v) is 15.7. The maximum Gasteiger partial charge on any atom is 0.329 e. The summed E-state index contributed by atoms with van der Waals surface area (Å²) in [4.78, 5) is 67.4. The highest BCUT2D eigenvalue weighted by Gasteiger charge is 2.36. The molecule has 12 nitrogen and oxygen atoms in total. The molecule has 48 heavy (non-hydrogen) atoms. The summed E-state index contributed by atoms with van der Waals surface area (Å²) in [6.45, 7) is 9.26. The molecule has 2 atom stereocenters. The van der Waals surface area contributed by atoms with Gasteiger partial charge in [-0.05, 0) is 93.2 Å². The number of carbonyl (C=O) groups excluding carboxylic acids is 3. The lowest BCUT2D eigenvalue weighted by Crippen LogP contribution is -2.42. The van der Waals surface area contributed by atoms with Crippen LogP contribution in [0.4, 0.5) is 0 Å². The Balaban J connectivity index is 0.000000190. The number of halogens is 2. The number of carboxylic acids is 1. The minimum atomic E-state index is -1.02. The highest BCUT2D eigenvalue weighted by Crippen LogP contribution is 2.31. The largest absolute Gasteiger partial charge is 0.480 e. The van der Waals surface area contributed by atoms with Crippen LogP contribution in [0.25, 0.3) is 22.5 Å². The number of esters is 1. The predicted octanol–water partition coefficient (Wildman–Crippen LogP) is 5.71. The maximum absolute atomic E-state index is 12.8. The molecule has 6 rings (SSSR count). The van der Waals surface area contributed by atoms with Crippen molar-refractivity contribution in [1.82, 2.24) is 29.7 Å². The van der Waals surface area contributed by atoms with Crippen molar-refractivity contribution in [1.29, 1.82) is 0 Å². The van der Waals surface area contributed by atoms with Crippen molar-refractivity contribution in [2.45, 2.75) is 65.4 Å². The van der Waals surface area contributed by atoms with Gasteiger partial charge in [-0.25, -0.2) is 29.5 Å². The number of nitrogens with zero attached hydrogens (tertiary/aromatic N) is 6. The molecule has 0 fully saturated rings. The molecule has 0 aliphatic carbocycles. The van der Waals surface area contributed by atoms with Gasteiger partial charge < -0.3 is 19.6 Å². The summed E-state index contributed by atoms with van der Waals surface area (Å²) in [7, 11) is 0. The number of hydrogen-bond acceptors (Lipinski definition) is 9. The predicted molar refractivity (Wildman–Crippen MR) is 177 cm³/mol. The third-order valence-electron chi connectivity index (χ3n) is 7.77. The Morgan fingerprint density at radius 2 is 1.21 bits per heavy atom. The molecule has 14 heteroatoms. The van der Waals surface area contributed by atoms with E-state index in [4.69, 9.17) is 33.0 Å². The molecule has 2 aliphatic rings. The zero-order valence-electron chi connectivity index (χ0n) is 26.8. The Labute approximate surface area is 286 Å². The minimum Gasteiger partial charge on any atom is -0.480 e. The standard InChI is InChI=1S/C19H20ClN3O3.C15H12ClN3O3/c1-11(17(25)26-19(2,3)4)23-10-13-6-5-12(9-14(13)16(23)24)15-7-8-21-18(20)22-15;1-8(14(21)22)19-7-10-3-2-9(6-11(10)13(19)20)12-4-5-17-15(16)18-12/h5-9,11H,10H2,1-4H3;2-6,8H,7H2,1H3,(H,21,22)/t11-;8-/m11/s1. The van der Waals surface area contributed by atoms with Crippen LogP contribution in [-0.4, -0.2) is 76.3 Å². The molecular weight excluding hydrogens is 659 g/mol. The zero-order valence-corrected chi connectivity index (χ0v) is 28.3. The van der Waals surface area contributed by atoms with Crippen molar-refractivity contribution in [3.05, 3.63) is 93.7 Å². The van der Waals surface area contributed by atoms with E-state index in [0.29, 0.717) is 35.6 Å². The first-order chi connectivity index (χ1) is 22.6. The van der Waals surface area contributed by atoms with Crippen LogP contribution in [-0.2, 0) is 27.4 Å². The van der Waals surface area contributed by atoms with Gasteiger partial charge in [0, 0.05) is 47.7 Å². The van der Waals surface area contributed by atoms with E-state index < -0.39 is 29.6 Å². The fraction of sp³-hybridized carbons (Fsp3) is 0.294. The number of rotatable bonds is 6. The molecule has 2 aromatic heterocycles. The van der Waals surface area contributed by atoms with Crippen molar-refractivity contribution in [2.24, 2.45) is 0 Å². The van der Waals surface area contributed by atoms with Crippen molar-refractivity contribution < 1.29 is 29.0 Å². The number of benzene rings is 2. The minimum absolute atomic E-state index is 0.130. The summed E-state index contributed by atoms with van der Waals surface area (Å²) in [5.74, 6) is -1.92. The molecule has 1 N–H and O–H groups in total. The normalized spacial score (nSPS) is 14.9. The van der Waals surface area contributed by atoms with Crippen LogP contribution < -0.4 is 0 Å². The monoisotopic (exact) mass is 690 g/mol. The van der Waals surface area contributed by atoms with Crippen molar-refractivity contribution in [3.8, 4) is 22.5 Å². The average molecular weight is 692 g/mol. The Kier molecular flexibility index (Phi) is 9.79. The average Bonchev–Trinajstić information content (AvgIpc) is 3.55. The first kappa shape index (κ1) is 34.4. The van der Waals surface area contributed by atoms with Crippen LogP contribution in [0.3, 0.4) is 0 Å². The summed E-state index contributed by atoms with van der Waals surface area (Å²) in [5.41, 5.74) is 4.90. The molecular formula is C34H32Cl2N6O6. The topological polar surface area (TPSA) is 156 Å². The van der Waals surface area contributed by atoms with E-state index in [1.54, 1.807) is 64.4 Å². The fourth-order valence-corrected chi connectivity index (χ4v) is 5.52. The van der Waals surface area contributed by atoms with Gasteiger partial charge in [-0.15, -0.1) is 0 Å². The molecule has 0 saturated heterocycles. The Morgan fingerprint density at radius 3 is 1.60 bits per heavy atom. The lowest BCUT2D eigenvalue weighted by atomic mass is 10.0. The van der Waals surface area contributed by atoms with E-state index in [-0.39, 0.29) is 22.4 Å². The van der Waals surface area contributed by atoms with E-state index in [1.807, 2.05) is 24.3 Å². The van der Waals surface area contributed by atoms with Crippen LogP contribution in [0, 0.1) is 0 Å². The second kappa shape index (κ2) is 13.7. The van der Waals surface area contributed by atoms with Crippen molar-refractivity contribution >= 4 is 47.0 Å². The van der Waals surface area contributed by atoms with Crippen LogP contribution in [0.1, 0.15) is 66.5 Å². The van der Waals surface area contributed by atoms with Crippen molar-refractivity contribution in [3.63, 3.8) is 0 Å². The molecule has 0 bridgehead atoms. The number of ether oxygens (including phenoxy) is 1. The molecule has 0 radical (unpaired) electrons. The van der Waals surface area contributed by atoms with Gasteiger partial charge in [0.25, 0.3) is 11.8 Å². The van der Waals surface area contributed by atoms with Gasteiger partial charge in [0.05, 0.1) is 11.4 Å². The molecule has 248 valence electrons. The van der Waals surface area contributed by atoms with Crippen molar-refractivity contribution in [2.75, 3.05) is 0 Å². The van der Waals surface area contributed by atoms with Gasteiger partial charge in [0.1, 0.15) is 17.7 Å². The highest BCUT2D eigenvalue weighted by atomic mass is 35.5. The zero-order chi connectivity index (χ0) is 34.9. The van der Waals surface area contributed by atoms with E-state index in [1.165, 1.54) is 16.7 Å². The highest BCUT2D eigenvalue weighted by molar-refractivity contribution is 6.28. The number of fused-ring (bicyclic) bond motifs is 2. The summed E-state index contributed by atoms with van der Waals surface area (Å²) in [6.07, 6.45) is 3.11. The second-order valence-corrected chi connectivity index (χ2v) is 12.9. The number of hydrogen-bond donors (Lipinski definition) is 1. The molecule has 4 heterocycles. The number of amides is 2. The molecule has 2 aromatic carbocycles. The molecule has 4 aromatic rings. The van der Waals surface area contributed by atoms with Crippen LogP contribution in [0.2, 0.25) is 10.6 Å². The second-order valence-electron chi connectivity index (χ2n) is 12.3. The number of aliphatic carboxylic acids is 1. The van der Waals surface area contributed by atoms with E-state index in [0.717, 1.165) is 22.3 Å². The number of carboxylic acid groups (broad SMARTS) is 1. The van der Waals surface area contributed by atoms with E-state index in [9.17, 15) is 19.2 Å². The summed E-state index contributed by atoms with van der Waals surface area (Å²) >= 11 is 11.6. The quantitative estimate of drug-likeness (QED) is 0.196. The number of aromatic nitrogens is 4. The third-order valence-corrected chi connectivity index (χ3v) is 8.13. The van der Waals surface area contributed by atoms with Gasteiger partial charge in [-0.2, -0.15) is 0 Å². The fourth-order valence-electron chi connectivity index (χ4n) is 5.23. The Morgan fingerprint density at radius 1 is 0.771 bits per heavy atom. The van der Waals surface area contributed by atoms with Crippen LogP contribution in [0.5, 0.6) is 0 Å².